The minimum absolute atomic E-state index is 0.166. The van der Waals surface area contributed by atoms with E-state index in [9.17, 15) is 79.0 Å². The Morgan fingerprint density at radius 3 is 0.736 bits per heavy atom. The zero-order valence-corrected chi connectivity index (χ0v) is 37.6. The Labute approximate surface area is 394 Å². The SMILES string of the molecule is FC(F)(F)c1cccc(OP2(Oc3cccc(C(F)(F)F)c3)(Oc3cccc(C(F)(F)F)c3)N=PNP(Oc3cccc(C(F)(F)F)c3)(Oc3cccc(C(F)(F)F)c3)(Oc3cccc(C(F)(F)F)c3)N2)c1. The van der Waals surface area contributed by atoms with Crippen molar-refractivity contribution in [3.8, 4) is 34.5 Å². The van der Waals surface area contributed by atoms with Crippen LogP contribution < -0.4 is 36.9 Å². The normalized spacial score (nSPS) is 18.0. The fraction of sp³-hybridized carbons (Fsp3) is 0.143. The van der Waals surface area contributed by atoms with Gasteiger partial charge in [-0.3, -0.25) is 0 Å². The summed E-state index contributed by atoms with van der Waals surface area (Å²) in [5.41, 5.74) is -9.48. The molecule has 0 amide bonds. The van der Waals surface area contributed by atoms with E-state index in [2.05, 4.69) is 14.2 Å². The molecular weight excluding hydrogens is 1080 g/mol. The van der Waals surface area contributed by atoms with Crippen molar-refractivity contribution in [3.05, 3.63) is 179 Å². The van der Waals surface area contributed by atoms with Gasteiger partial charge in [0, 0.05) is 0 Å². The first-order valence-electron chi connectivity index (χ1n) is 19.4. The van der Waals surface area contributed by atoms with Gasteiger partial charge in [-0.25, -0.2) is 0 Å². The molecule has 0 aromatic heterocycles. The van der Waals surface area contributed by atoms with Crippen molar-refractivity contribution in [1.29, 1.82) is 0 Å². The molecule has 9 nitrogen and oxygen atoms in total. The van der Waals surface area contributed by atoms with Crippen LogP contribution in [0.5, 0.6) is 34.5 Å². The summed E-state index contributed by atoms with van der Waals surface area (Å²) < 4.78 is 299. The molecule has 0 spiro atoms. The van der Waals surface area contributed by atoms with Crippen LogP contribution in [0.2, 0.25) is 0 Å². The average Bonchev–Trinajstić information content (AvgIpc) is 3.25. The van der Waals surface area contributed by atoms with Gasteiger partial charge in [0.1, 0.15) is 0 Å². The first-order chi connectivity index (χ1) is 33.1. The van der Waals surface area contributed by atoms with Gasteiger partial charge in [0.15, 0.2) is 0 Å². The number of benzene rings is 6. The molecule has 0 saturated carbocycles. The Morgan fingerprint density at radius 1 is 0.319 bits per heavy atom. The Morgan fingerprint density at radius 2 is 0.528 bits per heavy atom. The van der Waals surface area contributed by atoms with Crippen LogP contribution in [0.3, 0.4) is 0 Å². The van der Waals surface area contributed by atoms with Gasteiger partial charge in [-0.1, -0.05) is 0 Å². The van der Waals surface area contributed by atoms with E-state index in [0.29, 0.717) is 109 Å². The third-order valence-corrected chi connectivity index (χ3v) is 18.6. The molecule has 1 aliphatic heterocycles. The van der Waals surface area contributed by atoms with Gasteiger partial charge in [0.25, 0.3) is 0 Å². The van der Waals surface area contributed by atoms with Gasteiger partial charge in [0.05, 0.1) is 0 Å². The van der Waals surface area contributed by atoms with Crippen LogP contribution in [0.25, 0.3) is 0 Å². The molecule has 386 valence electrons. The quantitative estimate of drug-likeness (QED) is 0.0925. The molecule has 2 N–H and O–H groups in total. The Bertz CT molecular complexity index is 2710. The van der Waals surface area contributed by atoms with Crippen LogP contribution in [-0.2, 0) is 37.1 Å². The van der Waals surface area contributed by atoms with Gasteiger partial charge in [-0.05, 0) is 0 Å². The molecular formula is C42H26F18N3O6P3. The molecule has 30 heteroatoms. The molecule has 0 aliphatic carbocycles. The number of nitrogens with one attached hydrogen (secondary N) is 2. The summed E-state index contributed by atoms with van der Waals surface area (Å²) in [5, 5.41) is 0. The number of hydrogen-bond acceptors (Lipinski definition) is 9. The Hall–Kier alpha value is -6.26. The fourth-order valence-electron chi connectivity index (χ4n) is 6.36. The Balaban J connectivity index is 1.66. The number of halogens is 18. The van der Waals surface area contributed by atoms with E-state index in [4.69, 9.17) is 27.1 Å². The van der Waals surface area contributed by atoms with Gasteiger partial charge >= 0.3 is 395 Å². The molecule has 0 saturated heterocycles. The maximum absolute atomic E-state index is 14.3. The van der Waals surface area contributed by atoms with Gasteiger partial charge in [0.2, 0.25) is 0 Å². The zero-order chi connectivity index (χ0) is 52.9. The van der Waals surface area contributed by atoms with Gasteiger partial charge in [-0.2, -0.15) is 0 Å². The molecule has 0 atom stereocenters. The fourth-order valence-corrected chi connectivity index (χ4v) is 16.6. The predicted octanol–water partition coefficient (Wildman–Crippen LogP) is 17.1. The summed E-state index contributed by atoms with van der Waals surface area (Å²) in [7, 11) is -15.8. The number of alkyl halides is 18. The monoisotopic (exact) mass is 1100 g/mol. The summed E-state index contributed by atoms with van der Waals surface area (Å²) in [6.07, 6.45) is -31.6. The van der Waals surface area contributed by atoms with Crippen molar-refractivity contribution in [2.45, 2.75) is 37.1 Å². The van der Waals surface area contributed by atoms with E-state index in [-0.39, 0.29) is 36.4 Å². The van der Waals surface area contributed by atoms with Crippen LogP contribution in [0, 0.1) is 0 Å². The van der Waals surface area contributed by atoms with Crippen molar-refractivity contribution in [2.75, 3.05) is 0 Å². The summed E-state index contributed by atoms with van der Waals surface area (Å²) in [6, 6.07) is 11.7. The van der Waals surface area contributed by atoms with E-state index in [1.165, 1.54) is 0 Å². The zero-order valence-electron chi connectivity index (χ0n) is 34.9. The van der Waals surface area contributed by atoms with E-state index in [1.54, 1.807) is 0 Å². The molecule has 0 fully saturated rings. The molecule has 7 rings (SSSR count). The van der Waals surface area contributed by atoms with Crippen LogP contribution in [0.15, 0.2) is 150 Å². The van der Waals surface area contributed by atoms with E-state index >= 15 is 0 Å². The van der Waals surface area contributed by atoms with Crippen molar-refractivity contribution < 1.29 is 106 Å². The molecule has 6 aromatic carbocycles. The standard InChI is InChI=1S/C42H26F18N3O6P3/c43-37(44,45)25-7-1-13-31(19-25)64-71(65-32-14-2-8-26(20-32)38(46,47)48,66-33-15-3-9-27(21-33)39(49,50)51)61-70-62-72(63-71,67-34-16-4-10-28(22-34)40(52,53)54,68-35-17-5-11-29(23-35)41(55,56)57)69-36-18-6-12-30(24-36)42(58,59)60/h1-24,63H,(H,61,62). The van der Waals surface area contributed by atoms with Gasteiger partial charge in [-0.15, -0.1) is 0 Å². The van der Waals surface area contributed by atoms with Crippen molar-refractivity contribution >= 4 is 23.7 Å². The second-order valence-corrected chi connectivity index (χ2v) is 21.9. The van der Waals surface area contributed by atoms with Gasteiger partial charge < -0.3 is 0 Å². The molecule has 6 aromatic rings. The first kappa shape index (κ1) is 53.5. The van der Waals surface area contributed by atoms with Crippen LogP contribution in [0.4, 0.5) is 79.0 Å². The second kappa shape index (κ2) is 18.3. The number of hydrogen-bond donors (Lipinski definition) is 2. The third-order valence-electron chi connectivity index (χ3n) is 9.34. The number of rotatable bonds is 12. The van der Waals surface area contributed by atoms with E-state index in [1.807, 2.05) is 0 Å². The molecule has 1 heterocycles. The molecule has 0 bridgehead atoms. The Kier molecular flexibility index (Phi) is 13.6. The third kappa shape index (κ3) is 12.1. The summed E-state index contributed by atoms with van der Waals surface area (Å²) in [5.74, 6) is -6.93. The first-order valence-corrected chi connectivity index (χ1v) is 24.2. The van der Waals surface area contributed by atoms with E-state index in [0.717, 1.165) is 0 Å². The average molecular weight is 1100 g/mol. The maximum atomic E-state index is 14.3. The summed E-state index contributed by atoms with van der Waals surface area (Å²) in [4.78, 5) is 4.48. The molecule has 0 unspecified atom stereocenters. The topological polar surface area (TPSA) is 91.8 Å². The van der Waals surface area contributed by atoms with Crippen LogP contribution in [0.1, 0.15) is 33.4 Å². The molecule has 72 heavy (non-hydrogen) atoms. The molecule has 1 aliphatic rings. The van der Waals surface area contributed by atoms with Crippen LogP contribution in [-0.4, -0.2) is 0 Å². The van der Waals surface area contributed by atoms with E-state index < -0.39 is 129 Å². The second-order valence-electron chi connectivity index (χ2n) is 14.8. The summed E-state index contributed by atoms with van der Waals surface area (Å²) in [6.45, 7) is 0. The van der Waals surface area contributed by atoms with Crippen molar-refractivity contribution in [3.63, 3.8) is 0 Å². The van der Waals surface area contributed by atoms with Crippen LogP contribution >= 0.6 is 23.7 Å². The summed E-state index contributed by atoms with van der Waals surface area (Å²) >= 11 is 0. The number of nitrogens with zero attached hydrogens (tertiary/aromatic N) is 1. The van der Waals surface area contributed by atoms with Crippen molar-refractivity contribution in [2.24, 2.45) is 4.52 Å². The predicted molar refractivity (Wildman–Crippen MR) is 222 cm³/mol. The molecule has 0 radical (unpaired) electrons. The minimum atomic E-state index is -7.36. The van der Waals surface area contributed by atoms with Crippen molar-refractivity contribution in [1.82, 2.24) is 9.72 Å².